The Morgan fingerprint density at radius 2 is 0.929 bits per heavy atom. The molecule has 0 spiro atoms. The zero-order valence-corrected chi connectivity index (χ0v) is 9.95. The van der Waals surface area contributed by atoms with Gasteiger partial charge in [-0.3, -0.25) is 13.2 Å². The van der Waals surface area contributed by atoms with Gasteiger partial charge in [0.25, 0.3) is 7.82 Å². The summed E-state index contributed by atoms with van der Waals surface area (Å²) in [6.07, 6.45) is 0. The Balaban J connectivity index is 0. The molecule has 14 heteroatoms. The van der Waals surface area contributed by atoms with Gasteiger partial charge in [0.2, 0.25) is 0 Å². The molecule has 0 aliphatic heterocycles. The third-order valence-electron chi connectivity index (χ3n) is 0.400. The average Bonchev–Trinajstić information content (AvgIpc) is 1.43. The van der Waals surface area contributed by atoms with Crippen molar-refractivity contribution in [3.05, 3.63) is 0 Å². The zero-order chi connectivity index (χ0) is 10.9. The van der Waals surface area contributed by atoms with Gasteiger partial charge in [0.05, 0.1) is 15.6 Å². The van der Waals surface area contributed by atoms with Crippen molar-refractivity contribution >= 4 is 23.5 Å². The maximum Gasteiger partial charge on any atom is 5.00 e. The summed E-state index contributed by atoms with van der Waals surface area (Å²) in [5, 5.41) is 0. The van der Waals surface area contributed by atoms with Crippen molar-refractivity contribution in [2.45, 2.75) is 0 Å². The molecule has 0 fully saturated rings. The number of phosphoric acid groups is 3. The van der Waals surface area contributed by atoms with Gasteiger partial charge in [0.15, 0.2) is 0 Å². The van der Waals surface area contributed by atoms with Gasteiger partial charge in [-0.05, 0) is 0 Å². The second kappa shape index (κ2) is 5.36. The molecule has 0 saturated carbocycles. The molecule has 0 N–H and O–H groups in total. The van der Waals surface area contributed by atoms with E-state index < -0.39 is 23.5 Å². The van der Waals surface area contributed by atoms with Gasteiger partial charge >= 0.3 is 18.6 Å². The third-order valence-corrected chi connectivity index (χ3v) is 3.60. The molecule has 0 bridgehead atoms. The van der Waals surface area contributed by atoms with Crippen LogP contribution in [0.1, 0.15) is 0 Å². The van der Waals surface area contributed by atoms with Gasteiger partial charge in [-0.25, -0.2) is 0 Å². The van der Waals surface area contributed by atoms with E-state index in [0.29, 0.717) is 0 Å². The van der Waals surface area contributed by atoms with Crippen LogP contribution in [0.3, 0.4) is 0 Å². The molecule has 0 saturated heterocycles. The normalized spacial score (nSPS) is 13.5. The van der Waals surface area contributed by atoms with Crippen LogP contribution in [-0.4, -0.2) is 0 Å². The van der Waals surface area contributed by atoms with E-state index in [2.05, 4.69) is 8.62 Å². The standard InChI is InChI=1S/H5O10P3.V/c1-11(2,3)9-13(7,8)10-12(4,5)6;/h(H,7,8)(H2,1,2,3)(H2,4,5,6);/q;+5/p-5. The first kappa shape index (κ1) is 17.4. The molecule has 14 heavy (non-hydrogen) atoms. The van der Waals surface area contributed by atoms with E-state index in [-0.39, 0.29) is 18.6 Å². The van der Waals surface area contributed by atoms with E-state index in [0.717, 1.165) is 0 Å². The van der Waals surface area contributed by atoms with Crippen LogP contribution in [0, 0.1) is 0 Å². The second-order valence-electron chi connectivity index (χ2n) is 1.50. The maximum atomic E-state index is 10.1. The maximum absolute atomic E-state index is 10.1. The molecule has 0 radical (unpaired) electrons. The molecule has 0 aliphatic rings. The zero-order valence-electron chi connectivity index (χ0n) is 5.87. The quantitative estimate of drug-likeness (QED) is 0.465. The summed E-state index contributed by atoms with van der Waals surface area (Å²) in [5.74, 6) is 0. The molecule has 0 aliphatic carbocycles. The van der Waals surface area contributed by atoms with Crippen LogP contribution in [0.5, 0.6) is 0 Å². The van der Waals surface area contributed by atoms with Crippen molar-refractivity contribution in [2.75, 3.05) is 0 Å². The van der Waals surface area contributed by atoms with Gasteiger partial charge in [0.1, 0.15) is 0 Å². The van der Waals surface area contributed by atoms with Crippen molar-refractivity contribution in [2.24, 2.45) is 0 Å². The molecule has 0 heterocycles. The minimum Gasteiger partial charge on any atom is -0.790 e. The van der Waals surface area contributed by atoms with E-state index in [1.165, 1.54) is 0 Å². The summed E-state index contributed by atoms with van der Waals surface area (Å²) < 4.78 is 34.7. The molecule has 0 unspecified atom stereocenters. The molecule has 0 aromatic carbocycles. The van der Waals surface area contributed by atoms with Crippen LogP contribution in [0.25, 0.3) is 0 Å². The minimum absolute atomic E-state index is 0. The Bertz CT molecular complexity index is 277. The first-order valence-corrected chi connectivity index (χ1v) is 6.57. The van der Waals surface area contributed by atoms with Crippen molar-refractivity contribution in [3.8, 4) is 0 Å². The second-order valence-corrected chi connectivity index (χ2v) is 5.49. The summed E-state index contributed by atoms with van der Waals surface area (Å²) >= 11 is 0. The van der Waals surface area contributed by atoms with Crippen LogP contribution in [-0.2, 0) is 40.9 Å². The molecular formula is O10P3V. The van der Waals surface area contributed by atoms with Gasteiger partial charge in [0, 0.05) is 0 Å². The molecule has 80 valence electrons. The summed E-state index contributed by atoms with van der Waals surface area (Å²) in [5.41, 5.74) is 0. The largest absolute Gasteiger partial charge is 5.00 e. The minimum atomic E-state index is -5.97. The SMILES string of the molecule is O=P([O-])([O-])OP(=O)([O-])OP(=O)([O-])[O-].[V+5]. The number of hydrogen-bond donors (Lipinski definition) is 0. The molecule has 0 amide bonds. The molecule has 0 atom stereocenters. The van der Waals surface area contributed by atoms with E-state index >= 15 is 0 Å². The Morgan fingerprint density at radius 1 is 0.714 bits per heavy atom. The Labute approximate surface area is 89.2 Å². The fourth-order valence-electron chi connectivity index (χ4n) is 0.260. The van der Waals surface area contributed by atoms with E-state index in [1.807, 2.05) is 0 Å². The van der Waals surface area contributed by atoms with Crippen molar-refractivity contribution in [1.29, 1.82) is 0 Å². The monoisotopic (exact) mass is 304 g/mol. The van der Waals surface area contributed by atoms with Gasteiger partial charge in [-0.1, -0.05) is 0 Å². The van der Waals surface area contributed by atoms with E-state index in [4.69, 9.17) is 0 Å². The van der Waals surface area contributed by atoms with Crippen LogP contribution in [0.2, 0.25) is 0 Å². The summed E-state index contributed by atoms with van der Waals surface area (Å²) in [6.45, 7) is 0. The fourth-order valence-corrected chi connectivity index (χ4v) is 2.61. The summed E-state index contributed by atoms with van der Waals surface area (Å²) in [4.78, 5) is 48.6. The predicted molar refractivity (Wildman–Crippen MR) is 25.0 cm³/mol. The Hall–Kier alpha value is 0.994. The third kappa shape index (κ3) is 11.1. The van der Waals surface area contributed by atoms with Crippen molar-refractivity contribution in [3.63, 3.8) is 0 Å². The van der Waals surface area contributed by atoms with E-state index in [9.17, 15) is 38.2 Å². The molecule has 0 aromatic rings. The molecule has 0 aromatic heterocycles. The molecule has 0 rings (SSSR count). The van der Waals surface area contributed by atoms with E-state index in [1.54, 1.807) is 0 Å². The van der Waals surface area contributed by atoms with Crippen molar-refractivity contribution < 1.29 is 65.3 Å². The number of rotatable bonds is 4. The fraction of sp³-hybridized carbons (Fsp3) is 0. The first-order chi connectivity index (χ1) is 5.41. The van der Waals surface area contributed by atoms with Crippen molar-refractivity contribution in [1.82, 2.24) is 0 Å². The Morgan fingerprint density at radius 3 is 1.07 bits per heavy atom. The van der Waals surface area contributed by atoms with Crippen LogP contribution in [0.15, 0.2) is 0 Å². The number of hydrogen-bond acceptors (Lipinski definition) is 10. The van der Waals surface area contributed by atoms with Gasteiger partial charge < -0.3 is 33.6 Å². The average molecular weight is 304 g/mol. The van der Waals surface area contributed by atoms with Gasteiger partial charge in [-0.2, -0.15) is 0 Å². The van der Waals surface area contributed by atoms with Gasteiger partial charge in [-0.15, -0.1) is 0 Å². The summed E-state index contributed by atoms with van der Waals surface area (Å²) in [6, 6.07) is 0. The Kier molecular flexibility index (Phi) is 6.66. The van der Waals surface area contributed by atoms with Crippen LogP contribution in [0.4, 0.5) is 0 Å². The summed E-state index contributed by atoms with van der Waals surface area (Å²) in [7, 11) is -17.9. The topological polar surface area (TPSA) is 185 Å². The van der Waals surface area contributed by atoms with Crippen LogP contribution < -0.4 is 24.5 Å². The molecular weight excluding hydrogens is 304 g/mol. The first-order valence-electron chi connectivity index (χ1n) is 2.19. The smallest absolute Gasteiger partial charge is 0.790 e. The predicted octanol–water partition coefficient (Wildman–Crippen LogP) is -3.86. The van der Waals surface area contributed by atoms with Crippen LogP contribution >= 0.6 is 23.5 Å². The molecule has 10 nitrogen and oxygen atoms in total.